The Hall–Kier alpha value is -2.84. The summed E-state index contributed by atoms with van der Waals surface area (Å²) in [5, 5.41) is 9.63. The van der Waals surface area contributed by atoms with E-state index in [9.17, 15) is 4.79 Å². The SMILES string of the molecule is CCOc1ccc(-n2c(SCC(=O)N3C[C@@H](C)O[C@@H](C)C3)nnc2-c2cccc(C)c2)cc1. The molecule has 1 amide bonds. The summed E-state index contributed by atoms with van der Waals surface area (Å²) in [6.07, 6.45) is 0.0891. The van der Waals surface area contributed by atoms with Gasteiger partial charge in [-0.1, -0.05) is 35.5 Å². The third kappa shape index (κ3) is 5.57. The molecule has 4 rings (SSSR count). The van der Waals surface area contributed by atoms with Gasteiger partial charge >= 0.3 is 0 Å². The first kappa shape index (κ1) is 23.3. The summed E-state index contributed by atoms with van der Waals surface area (Å²) in [5.41, 5.74) is 3.04. The summed E-state index contributed by atoms with van der Waals surface area (Å²) < 4.78 is 13.4. The average Bonchev–Trinajstić information content (AvgIpc) is 3.21. The van der Waals surface area contributed by atoms with Crippen LogP contribution in [-0.4, -0.2) is 63.2 Å². The number of carbonyl (C=O) groups is 1. The van der Waals surface area contributed by atoms with Gasteiger partial charge in [-0.05, 0) is 58.0 Å². The lowest BCUT2D eigenvalue weighted by atomic mass is 10.1. The minimum atomic E-state index is 0.0446. The molecule has 1 aliphatic rings. The number of ether oxygens (including phenoxy) is 2. The predicted octanol–water partition coefficient (Wildman–Crippen LogP) is 4.37. The van der Waals surface area contributed by atoms with Crippen molar-refractivity contribution in [3.05, 3.63) is 54.1 Å². The van der Waals surface area contributed by atoms with E-state index in [0.29, 0.717) is 30.6 Å². The highest BCUT2D eigenvalue weighted by Gasteiger charge is 2.26. The van der Waals surface area contributed by atoms with Crippen LogP contribution in [0.1, 0.15) is 26.3 Å². The molecule has 0 saturated carbocycles. The Labute approximate surface area is 199 Å². The lowest BCUT2D eigenvalue weighted by molar-refractivity contribution is -0.140. The summed E-state index contributed by atoms with van der Waals surface area (Å²) in [6, 6.07) is 16.0. The van der Waals surface area contributed by atoms with Crippen LogP contribution in [0.5, 0.6) is 5.75 Å². The standard InChI is InChI=1S/C25H30N4O3S/c1-5-31-22-11-9-21(10-12-22)29-24(20-8-6-7-17(2)13-20)26-27-25(29)33-16-23(30)28-14-18(3)32-19(4)15-28/h6-13,18-19H,5,14-16H2,1-4H3/t18-,19+. The number of hydrogen-bond donors (Lipinski definition) is 0. The number of nitrogens with zero attached hydrogens (tertiary/aromatic N) is 4. The third-order valence-electron chi connectivity index (χ3n) is 5.41. The minimum absolute atomic E-state index is 0.0446. The molecule has 0 N–H and O–H groups in total. The summed E-state index contributed by atoms with van der Waals surface area (Å²) >= 11 is 1.41. The molecular weight excluding hydrogens is 436 g/mol. The Balaban J connectivity index is 1.61. The first-order valence-corrected chi connectivity index (χ1v) is 12.2. The second-order valence-corrected chi connectivity index (χ2v) is 9.23. The number of morpholine rings is 1. The van der Waals surface area contributed by atoms with Crippen molar-refractivity contribution in [3.63, 3.8) is 0 Å². The van der Waals surface area contributed by atoms with Gasteiger partial charge in [0, 0.05) is 24.3 Å². The van der Waals surface area contributed by atoms with Crippen molar-refractivity contribution in [1.82, 2.24) is 19.7 Å². The largest absolute Gasteiger partial charge is 0.494 e. The molecule has 0 spiro atoms. The highest BCUT2D eigenvalue weighted by atomic mass is 32.2. The third-order valence-corrected chi connectivity index (χ3v) is 6.33. The van der Waals surface area contributed by atoms with E-state index in [-0.39, 0.29) is 18.1 Å². The molecule has 0 bridgehead atoms. The molecule has 1 aliphatic heterocycles. The van der Waals surface area contributed by atoms with E-state index in [1.807, 2.05) is 66.6 Å². The molecule has 0 unspecified atom stereocenters. The Kier molecular flexibility index (Phi) is 7.35. The van der Waals surface area contributed by atoms with Crippen LogP contribution in [0.15, 0.2) is 53.7 Å². The fraction of sp³-hybridized carbons (Fsp3) is 0.400. The van der Waals surface area contributed by atoms with Gasteiger partial charge in [0.05, 0.1) is 24.6 Å². The number of amides is 1. The Morgan fingerprint density at radius 2 is 1.85 bits per heavy atom. The van der Waals surface area contributed by atoms with E-state index in [1.54, 1.807) is 0 Å². The van der Waals surface area contributed by atoms with Crippen LogP contribution >= 0.6 is 11.8 Å². The zero-order valence-corrected chi connectivity index (χ0v) is 20.3. The number of aryl methyl sites for hydroxylation is 1. The molecular formula is C25H30N4O3S. The fourth-order valence-electron chi connectivity index (χ4n) is 4.02. The molecule has 7 nitrogen and oxygen atoms in total. The van der Waals surface area contributed by atoms with Gasteiger partial charge in [0.25, 0.3) is 0 Å². The van der Waals surface area contributed by atoms with E-state index in [1.165, 1.54) is 11.8 Å². The topological polar surface area (TPSA) is 69.5 Å². The van der Waals surface area contributed by atoms with Crippen LogP contribution in [0, 0.1) is 6.92 Å². The predicted molar refractivity (Wildman–Crippen MR) is 130 cm³/mol. The van der Waals surface area contributed by atoms with Crippen LogP contribution in [0.25, 0.3) is 17.1 Å². The van der Waals surface area contributed by atoms with E-state index in [2.05, 4.69) is 29.3 Å². The highest BCUT2D eigenvalue weighted by molar-refractivity contribution is 7.99. The molecule has 8 heteroatoms. The van der Waals surface area contributed by atoms with Crippen molar-refractivity contribution in [2.24, 2.45) is 0 Å². The molecule has 2 atom stereocenters. The number of hydrogen-bond acceptors (Lipinski definition) is 6. The zero-order chi connectivity index (χ0) is 23.4. The van der Waals surface area contributed by atoms with Gasteiger partial charge in [0.15, 0.2) is 11.0 Å². The van der Waals surface area contributed by atoms with Gasteiger partial charge < -0.3 is 14.4 Å². The van der Waals surface area contributed by atoms with Crippen molar-refractivity contribution >= 4 is 17.7 Å². The van der Waals surface area contributed by atoms with Crippen LogP contribution in [0.2, 0.25) is 0 Å². The van der Waals surface area contributed by atoms with Crippen molar-refractivity contribution in [1.29, 1.82) is 0 Å². The normalized spacial score (nSPS) is 18.4. The maximum atomic E-state index is 12.9. The quantitative estimate of drug-likeness (QED) is 0.482. The molecule has 3 aromatic rings. The van der Waals surface area contributed by atoms with Gasteiger partial charge in [-0.15, -0.1) is 10.2 Å². The van der Waals surface area contributed by atoms with Crippen molar-refractivity contribution < 1.29 is 14.3 Å². The molecule has 2 heterocycles. The van der Waals surface area contributed by atoms with E-state index >= 15 is 0 Å². The van der Waals surface area contributed by atoms with Crippen molar-refractivity contribution in [3.8, 4) is 22.8 Å². The summed E-state index contributed by atoms with van der Waals surface area (Å²) in [5.74, 6) is 1.93. The van der Waals surface area contributed by atoms with Gasteiger partial charge in [-0.25, -0.2) is 0 Å². The van der Waals surface area contributed by atoms with Crippen molar-refractivity contribution in [2.75, 3.05) is 25.4 Å². The second-order valence-electron chi connectivity index (χ2n) is 8.28. The summed E-state index contributed by atoms with van der Waals surface area (Å²) in [6.45, 7) is 9.86. The lowest BCUT2D eigenvalue weighted by Gasteiger charge is -2.35. The average molecular weight is 467 g/mol. The highest BCUT2D eigenvalue weighted by Crippen LogP contribution is 2.29. The number of benzene rings is 2. The minimum Gasteiger partial charge on any atom is -0.494 e. The maximum absolute atomic E-state index is 12.9. The van der Waals surface area contributed by atoms with Gasteiger partial charge in [0.1, 0.15) is 5.75 Å². The van der Waals surface area contributed by atoms with E-state index in [4.69, 9.17) is 9.47 Å². The first-order valence-electron chi connectivity index (χ1n) is 11.3. The summed E-state index contributed by atoms with van der Waals surface area (Å²) in [7, 11) is 0. The first-order chi connectivity index (χ1) is 15.9. The molecule has 1 saturated heterocycles. The molecule has 33 heavy (non-hydrogen) atoms. The molecule has 174 valence electrons. The monoisotopic (exact) mass is 466 g/mol. The van der Waals surface area contributed by atoms with Crippen LogP contribution in [0.3, 0.4) is 0 Å². The van der Waals surface area contributed by atoms with Gasteiger partial charge in [0.2, 0.25) is 5.91 Å². The molecule has 1 aromatic heterocycles. The van der Waals surface area contributed by atoms with Crippen LogP contribution in [0.4, 0.5) is 0 Å². The molecule has 0 radical (unpaired) electrons. The molecule has 2 aromatic carbocycles. The Bertz CT molecular complexity index is 1090. The zero-order valence-electron chi connectivity index (χ0n) is 19.5. The van der Waals surface area contributed by atoms with Gasteiger partial charge in [-0.2, -0.15) is 0 Å². The molecule has 1 fully saturated rings. The van der Waals surface area contributed by atoms with Crippen LogP contribution < -0.4 is 4.74 Å². The lowest BCUT2D eigenvalue weighted by Crippen LogP contribution is -2.48. The van der Waals surface area contributed by atoms with Gasteiger partial charge in [-0.3, -0.25) is 9.36 Å². The smallest absolute Gasteiger partial charge is 0.233 e. The van der Waals surface area contributed by atoms with E-state index < -0.39 is 0 Å². The van der Waals surface area contributed by atoms with E-state index in [0.717, 1.165) is 28.4 Å². The second kappa shape index (κ2) is 10.4. The number of rotatable bonds is 7. The van der Waals surface area contributed by atoms with Crippen molar-refractivity contribution in [2.45, 2.75) is 45.1 Å². The maximum Gasteiger partial charge on any atom is 0.233 e. The number of carbonyl (C=O) groups excluding carboxylic acids is 1. The molecule has 0 aliphatic carbocycles. The number of thioether (sulfide) groups is 1. The Morgan fingerprint density at radius 1 is 1.12 bits per heavy atom. The summed E-state index contributed by atoms with van der Waals surface area (Å²) in [4.78, 5) is 14.8. The number of aromatic nitrogens is 3. The Morgan fingerprint density at radius 3 is 2.52 bits per heavy atom. The van der Waals surface area contributed by atoms with Crippen LogP contribution in [-0.2, 0) is 9.53 Å². The fourth-order valence-corrected chi connectivity index (χ4v) is 4.88.